The Morgan fingerprint density at radius 3 is 2.53 bits per heavy atom. The highest BCUT2D eigenvalue weighted by molar-refractivity contribution is 4.92. The first-order chi connectivity index (χ1) is 7.09. The zero-order chi connectivity index (χ0) is 10.9. The van der Waals surface area contributed by atoms with E-state index in [0.29, 0.717) is 5.92 Å². The van der Waals surface area contributed by atoms with Crippen LogP contribution in [0.3, 0.4) is 0 Å². The molecular formula is C12H23NO2. The number of aliphatic hydroxyl groups is 1. The maximum absolute atomic E-state index is 10.2. The van der Waals surface area contributed by atoms with Gasteiger partial charge in [0.15, 0.2) is 0 Å². The molecule has 0 amide bonds. The molecule has 3 nitrogen and oxygen atoms in total. The zero-order valence-corrected chi connectivity index (χ0v) is 9.91. The van der Waals surface area contributed by atoms with Gasteiger partial charge in [0.2, 0.25) is 0 Å². The van der Waals surface area contributed by atoms with Crippen LogP contribution in [-0.2, 0) is 4.74 Å². The summed E-state index contributed by atoms with van der Waals surface area (Å²) < 4.78 is 5.33. The fraction of sp³-hybridized carbons (Fsp3) is 1.00. The molecule has 0 aromatic rings. The van der Waals surface area contributed by atoms with Crippen LogP contribution in [0.4, 0.5) is 0 Å². The molecule has 1 aliphatic heterocycles. The van der Waals surface area contributed by atoms with Gasteiger partial charge in [-0.05, 0) is 24.2 Å². The number of rotatable bonds is 2. The second-order valence-electron chi connectivity index (χ2n) is 5.65. The van der Waals surface area contributed by atoms with Gasteiger partial charge >= 0.3 is 0 Å². The summed E-state index contributed by atoms with van der Waals surface area (Å²) in [6.45, 7) is 9.17. The van der Waals surface area contributed by atoms with E-state index in [-0.39, 0.29) is 11.5 Å². The first-order valence-corrected chi connectivity index (χ1v) is 6.08. The summed E-state index contributed by atoms with van der Waals surface area (Å²) in [7, 11) is 0. The van der Waals surface area contributed by atoms with Gasteiger partial charge in [0.05, 0.1) is 19.3 Å². The molecule has 1 saturated carbocycles. The first kappa shape index (κ1) is 11.4. The predicted molar refractivity (Wildman–Crippen MR) is 59.8 cm³/mol. The molecule has 15 heavy (non-hydrogen) atoms. The number of hydrogen-bond donors (Lipinski definition) is 1. The van der Waals surface area contributed by atoms with Crippen molar-refractivity contribution in [1.29, 1.82) is 0 Å². The fourth-order valence-electron chi connectivity index (χ4n) is 2.81. The number of morpholine rings is 1. The molecule has 2 unspecified atom stereocenters. The van der Waals surface area contributed by atoms with Crippen molar-refractivity contribution in [3.8, 4) is 0 Å². The Morgan fingerprint density at radius 1 is 1.33 bits per heavy atom. The van der Waals surface area contributed by atoms with Crippen molar-refractivity contribution < 1.29 is 9.84 Å². The Bertz CT molecular complexity index is 212. The predicted octanol–water partition coefficient (Wildman–Crippen LogP) is 1.12. The van der Waals surface area contributed by atoms with E-state index in [2.05, 4.69) is 18.7 Å². The molecule has 0 aromatic carbocycles. The summed E-state index contributed by atoms with van der Waals surface area (Å²) in [5.74, 6) is 0.470. The SMILES string of the molecule is CC1(C)CCC(CN2CCOCC2)C1O. The Balaban J connectivity index is 1.84. The maximum Gasteiger partial charge on any atom is 0.0631 e. The molecule has 1 N–H and O–H groups in total. The molecule has 88 valence electrons. The minimum absolute atomic E-state index is 0.122. The molecule has 2 aliphatic rings. The largest absolute Gasteiger partial charge is 0.392 e. The van der Waals surface area contributed by atoms with Gasteiger partial charge in [0.1, 0.15) is 0 Å². The highest BCUT2D eigenvalue weighted by Gasteiger charge is 2.41. The van der Waals surface area contributed by atoms with E-state index in [1.54, 1.807) is 0 Å². The summed E-state index contributed by atoms with van der Waals surface area (Å²) in [5, 5.41) is 10.2. The van der Waals surface area contributed by atoms with Crippen LogP contribution < -0.4 is 0 Å². The molecule has 1 heterocycles. The molecule has 2 fully saturated rings. The van der Waals surface area contributed by atoms with E-state index >= 15 is 0 Å². The topological polar surface area (TPSA) is 32.7 Å². The smallest absolute Gasteiger partial charge is 0.0631 e. The summed E-state index contributed by atoms with van der Waals surface area (Å²) in [6, 6.07) is 0. The van der Waals surface area contributed by atoms with E-state index in [1.807, 2.05) is 0 Å². The second kappa shape index (κ2) is 4.40. The van der Waals surface area contributed by atoms with Crippen molar-refractivity contribution in [2.24, 2.45) is 11.3 Å². The van der Waals surface area contributed by atoms with Gasteiger partial charge in [-0.1, -0.05) is 13.8 Å². The molecule has 0 radical (unpaired) electrons. The first-order valence-electron chi connectivity index (χ1n) is 6.08. The van der Waals surface area contributed by atoms with Crippen molar-refractivity contribution >= 4 is 0 Å². The third-order valence-electron chi connectivity index (χ3n) is 4.00. The molecule has 1 aliphatic carbocycles. The molecule has 3 heteroatoms. The van der Waals surface area contributed by atoms with Crippen LogP contribution in [0.1, 0.15) is 26.7 Å². The Hall–Kier alpha value is -0.120. The lowest BCUT2D eigenvalue weighted by Crippen LogP contribution is -2.42. The third kappa shape index (κ3) is 2.52. The lowest BCUT2D eigenvalue weighted by molar-refractivity contribution is 0.000890. The van der Waals surface area contributed by atoms with Gasteiger partial charge < -0.3 is 9.84 Å². The summed E-state index contributed by atoms with van der Waals surface area (Å²) >= 11 is 0. The number of ether oxygens (including phenoxy) is 1. The Morgan fingerprint density at radius 2 is 2.00 bits per heavy atom. The van der Waals surface area contributed by atoms with E-state index in [9.17, 15) is 5.11 Å². The minimum Gasteiger partial charge on any atom is -0.392 e. The van der Waals surface area contributed by atoms with Crippen LogP contribution in [0.2, 0.25) is 0 Å². The molecule has 2 rings (SSSR count). The van der Waals surface area contributed by atoms with Crippen LogP contribution in [-0.4, -0.2) is 49.0 Å². The van der Waals surface area contributed by atoms with Gasteiger partial charge in [0, 0.05) is 19.6 Å². The molecule has 0 bridgehead atoms. The number of aliphatic hydroxyl groups excluding tert-OH is 1. The monoisotopic (exact) mass is 213 g/mol. The second-order valence-corrected chi connectivity index (χ2v) is 5.65. The van der Waals surface area contributed by atoms with Gasteiger partial charge in [-0.25, -0.2) is 0 Å². The maximum atomic E-state index is 10.2. The molecule has 0 aromatic heterocycles. The lowest BCUT2D eigenvalue weighted by Gasteiger charge is -2.32. The Labute approximate surface area is 92.4 Å². The van der Waals surface area contributed by atoms with Gasteiger partial charge in [-0.2, -0.15) is 0 Å². The fourth-order valence-corrected chi connectivity index (χ4v) is 2.81. The molecular weight excluding hydrogens is 190 g/mol. The highest BCUT2D eigenvalue weighted by atomic mass is 16.5. The van der Waals surface area contributed by atoms with Crippen LogP contribution in [0, 0.1) is 11.3 Å². The van der Waals surface area contributed by atoms with Crippen molar-refractivity contribution in [1.82, 2.24) is 4.90 Å². The van der Waals surface area contributed by atoms with Crippen LogP contribution in [0.15, 0.2) is 0 Å². The lowest BCUT2D eigenvalue weighted by atomic mass is 9.87. The van der Waals surface area contributed by atoms with Crippen molar-refractivity contribution in [2.75, 3.05) is 32.8 Å². The van der Waals surface area contributed by atoms with E-state index < -0.39 is 0 Å². The summed E-state index contributed by atoms with van der Waals surface area (Å²) in [6.07, 6.45) is 2.20. The standard InChI is InChI=1S/C12H23NO2/c1-12(2)4-3-10(11(12)14)9-13-5-7-15-8-6-13/h10-11,14H,3-9H2,1-2H3. The number of nitrogens with zero attached hydrogens (tertiary/aromatic N) is 1. The number of hydrogen-bond acceptors (Lipinski definition) is 3. The van der Waals surface area contributed by atoms with Crippen LogP contribution >= 0.6 is 0 Å². The minimum atomic E-state index is -0.125. The van der Waals surface area contributed by atoms with Crippen molar-refractivity contribution in [3.63, 3.8) is 0 Å². The van der Waals surface area contributed by atoms with Crippen LogP contribution in [0.5, 0.6) is 0 Å². The summed E-state index contributed by atoms with van der Waals surface area (Å²) in [4.78, 5) is 2.43. The van der Waals surface area contributed by atoms with E-state index in [1.165, 1.54) is 6.42 Å². The van der Waals surface area contributed by atoms with Gasteiger partial charge in [-0.3, -0.25) is 4.90 Å². The van der Waals surface area contributed by atoms with Crippen LogP contribution in [0.25, 0.3) is 0 Å². The van der Waals surface area contributed by atoms with E-state index in [0.717, 1.165) is 39.3 Å². The zero-order valence-electron chi connectivity index (χ0n) is 9.91. The van der Waals surface area contributed by atoms with E-state index in [4.69, 9.17) is 4.74 Å². The summed E-state index contributed by atoms with van der Waals surface area (Å²) in [5.41, 5.74) is 0.122. The average molecular weight is 213 g/mol. The van der Waals surface area contributed by atoms with Crippen molar-refractivity contribution in [3.05, 3.63) is 0 Å². The molecule has 2 atom stereocenters. The third-order valence-corrected chi connectivity index (χ3v) is 4.00. The van der Waals surface area contributed by atoms with Gasteiger partial charge in [0.25, 0.3) is 0 Å². The normalized spacial score (nSPS) is 37.0. The quantitative estimate of drug-likeness (QED) is 0.746. The average Bonchev–Trinajstić information content (AvgIpc) is 2.47. The molecule has 1 saturated heterocycles. The molecule has 0 spiro atoms. The highest BCUT2D eigenvalue weighted by Crippen LogP contribution is 2.41. The van der Waals surface area contributed by atoms with Gasteiger partial charge in [-0.15, -0.1) is 0 Å². The Kier molecular flexibility index (Phi) is 3.33. The van der Waals surface area contributed by atoms with Crippen molar-refractivity contribution in [2.45, 2.75) is 32.8 Å².